The molecule has 2 fully saturated rings. The Balaban J connectivity index is 1.96. The van der Waals surface area contributed by atoms with Gasteiger partial charge in [-0.1, -0.05) is 40.0 Å². The van der Waals surface area contributed by atoms with Crippen molar-refractivity contribution in [1.82, 2.24) is 10.2 Å². The maximum atomic E-state index is 3.85. The van der Waals surface area contributed by atoms with E-state index in [9.17, 15) is 0 Å². The van der Waals surface area contributed by atoms with Gasteiger partial charge >= 0.3 is 0 Å². The highest BCUT2D eigenvalue weighted by atomic mass is 15.3. The molecule has 1 saturated carbocycles. The predicted octanol–water partition coefficient (Wildman–Crippen LogP) is 3.42. The van der Waals surface area contributed by atoms with Crippen LogP contribution in [0.4, 0.5) is 0 Å². The molecule has 0 amide bonds. The molecule has 2 heteroatoms. The van der Waals surface area contributed by atoms with Crippen molar-refractivity contribution in [3.05, 3.63) is 0 Å². The van der Waals surface area contributed by atoms with Crippen LogP contribution in [0.2, 0.25) is 0 Å². The van der Waals surface area contributed by atoms with E-state index in [1.807, 2.05) is 0 Å². The van der Waals surface area contributed by atoms with Gasteiger partial charge in [-0.2, -0.15) is 0 Å². The second-order valence-corrected chi connectivity index (χ2v) is 6.94. The predicted molar refractivity (Wildman–Crippen MR) is 78.9 cm³/mol. The summed E-state index contributed by atoms with van der Waals surface area (Å²) in [5.74, 6) is 0.813. The second kappa shape index (κ2) is 6.38. The van der Waals surface area contributed by atoms with Gasteiger partial charge in [0.15, 0.2) is 0 Å². The molecule has 0 bridgehead atoms. The Kier molecular flexibility index (Phi) is 5.08. The van der Waals surface area contributed by atoms with Crippen molar-refractivity contribution in [2.45, 2.75) is 77.3 Å². The molecular formula is C16H32N2. The standard InChI is InChI=1S/C16H32N2/c1-4-5-10-18-12-15(11-14(2)3)17-13-16(18)8-6-7-9-16/h14-15,17H,4-13H2,1-3H3. The minimum absolute atomic E-state index is 0.530. The van der Waals surface area contributed by atoms with E-state index < -0.39 is 0 Å². The largest absolute Gasteiger partial charge is 0.311 e. The lowest BCUT2D eigenvalue weighted by Crippen LogP contribution is -2.63. The van der Waals surface area contributed by atoms with Crippen LogP contribution in [0, 0.1) is 5.92 Å². The summed E-state index contributed by atoms with van der Waals surface area (Å²) >= 11 is 0. The van der Waals surface area contributed by atoms with Gasteiger partial charge in [0, 0.05) is 24.7 Å². The third-order valence-corrected chi connectivity index (χ3v) is 4.90. The van der Waals surface area contributed by atoms with E-state index in [-0.39, 0.29) is 0 Å². The van der Waals surface area contributed by atoms with Gasteiger partial charge in [0.25, 0.3) is 0 Å². The molecule has 0 aromatic rings. The normalized spacial score (nSPS) is 28.3. The smallest absolute Gasteiger partial charge is 0.0334 e. The fourth-order valence-electron chi connectivity index (χ4n) is 3.90. The second-order valence-electron chi connectivity index (χ2n) is 6.94. The Hall–Kier alpha value is -0.0800. The fraction of sp³-hybridized carbons (Fsp3) is 1.00. The molecule has 1 saturated heterocycles. The van der Waals surface area contributed by atoms with Gasteiger partial charge in [0.05, 0.1) is 0 Å². The van der Waals surface area contributed by atoms with Crippen molar-refractivity contribution in [3.8, 4) is 0 Å². The maximum absolute atomic E-state index is 3.85. The summed E-state index contributed by atoms with van der Waals surface area (Å²) in [6, 6.07) is 0.730. The number of hydrogen-bond donors (Lipinski definition) is 1. The van der Waals surface area contributed by atoms with Gasteiger partial charge in [-0.25, -0.2) is 0 Å². The van der Waals surface area contributed by atoms with Crippen molar-refractivity contribution in [2.75, 3.05) is 19.6 Å². The first-order chi connectivity index (χ1) is 8.66. The number of hydrogen-bond acceptors (Lipinski definition) is 2. The van der Waals surface area contributed by atoms with Gasteiger partial charge in [0.2, 0.25) is 0 Å². The summed E-state index contributed by atoms with van der Waals surface area (Å²) in [6.07, 6.45) is 9.78. The van der Waals surface area contributed by atoms with E-state index in [2.05, 4.69) is 31.0 Å². The summed E-state index contributed by atoms with van der Waals surface area (Å²) in [5.41, 5.74) is 0.530. The molecule has 18 heavy (non-hydrogen) atoms. The van der Waals surface area contributed by atoms with Crippen LogP contribution in [0.15, 0.2) is 0 Å². The molecule has 0 radical (unpaired) electrons. The zero-order chi connectivity index (χ0) is 13.0. The third kappa shape index (κ3) is 3.27. The summed E-state index contributed by atoms with van der Waals surface area (Å²) in [6.45, 7) is 10.9. The minimum atomic E-state index is 0.530. The Morgan fingerprint density at radius 1 is 1.28 bits per heavy atom. The first-order valence-electron chi connectivity index (χ1n) is 8.15. The SMILES string of the molecule is CCCCN1CC(CC(C)C)NCC12CCCC2. The van der Waals surface area contributed by atoms with Crippen molar-refractivity contribution < 1.29 is 0 Å². The van der Waals surface area contributed by atoms with E-state index >= 15 is 0 Å². The van der Waals surface area contributed by atoms with Crippen LogP contribution in [0.5, 0.6) is 0 Å². The summed E-state index contributed by atoms with van der Waals surface area (Å²) in [5, 5.41) is 3.85. The van der Waals surface area contributed by atoms with Crippen LogP contribution >= 0.6 is 0 Å². The fourth-order valence-corrected chi connectivity index (χ4v) is 3.90. The number of piperazine rings is 1. The van der Waals surface area contributed by atoms with E-state index in [1.165, 1.54) is 64.6 Å². The van der Waals surface area contributed by atoms with Crippen LogP contribution < -0.4 is 5.32 Å². The molecule has 106 valence electrons. The van der Waals surface area contributed by atoms with Gasteiger partial charge < -0.3 is 5.32 Å². The van der Waals surface area contributed by atoms with Crippen LogP contribution in [0.1, 0.15) is 65.7 Å². The topological polar surface area (TPSA) is 15.3 Å². The van der Waals surface area contributed by atoms with Gasteiger partial charge in [0.1, 0.15) is 0 Å². The number of unbranched alkanes of at least 4 members (excludes halogenated alkanes) is 1. The summed E-state index contributed by atoms with van der Waals surface area (Å²) < 4.78 is 0. The van der Waals surface area contributed by atoms with Crippen LogP contribution in [-0.2, 0) is 0 Å². The van der Waals surface area contributed by atoms with Crippen LogP contribution in [0.25, 0.3) is 0 Å². The van der Waals surface area contributed by atoms with Gasteiger partial charge in [-0.15, -0.1) is 0 Å². The maximum Gasteiger partial charge on any atom is 0.0334 e. The van der Waals surface area contributed by atoms with E-state index in [0.29, 0.717) is 5.54 Å². The number of rotatable bonds is 5. The minimum Gasteiger partial charge on any atom is -0.311 e. The Labute approximate surface area is 114 Å². The molecular weight excluding hydrogens is 220 g/mol. The average Bonchev–Trinajstić information content (AvgIpc) is 2.79. The van der Waals surface area contributed by atoms with Crippen LogP contribution in [-0.4, -0.2) is 36.1 Å². The lowest BCUT2D eigenvalue weighted by molar-refractivity contribution is 0.0375. The van der Waals surface area contributed by atoms with Crippen molar-refractivity contribution in [1.29, 1.82) is 0 Å². The Bertz CT molecular complexity index is 243. The summed E-state index contributed by atoms with van der Waals surface area (Å²) in [7, 11) is 0. The molecule has 1 heterocycles. The molecule has 2 nitrogen and oxygen atoms in total. The molecule has 1 spiro atoms. The van der Waals surface area contributed by atoms with Crippen molar-refractivity contribution in [3.63, 3.8) is 0 Å². The molecule has 1 unspecified atom stereocenters. The number of nitrogens with zero attached hydrogens (tertiary/aromatic N) is 1. The van der Waals surface area contributed by atoms with Crippen molar-refractivity contribution in [2.24, 2.45) is 5.92 Å². The first kappa shape index (κ1) is 14.3. The lowest BCUT2D eigenvalue weighted by atomic mass is 9.88. The molecule has 1 atom stereocenters. The van der Waals surface area contributed by atoms with Crippen LogP contribution in [0.3, 0.4) is 0 Å². The first-order valence-corrected chi connectivity index (χ1v) is 8.15. The zero-order valence-electron chi connectivity index (χ0n) is 12.7. The molecule has 1 aliphatic carbocycles. The summed E-state index contributed by atoms with van der Waals surface area (Å²) in [4.78, 5) is 2.85. The highest BCUT2D eigenvalue weighted by molar-refractivity contribution is 5.01. The van der Waals surface area contributed by atoms with Gasteiger partial charge in [-0.05, 0) is 38.1 Å². The monoisotopic (exact) mass is 252 g/mol. The number of nitrogens with one attached hydrogen (secondary N) is 1. The molecule has 0 aromatic carbocycles. The zero-order valence-corrected chi connectivity index (χ0v) is 12.7. The molecule has 2 rings (SSSR count). The Morgan fingerprint density at radius 3 is 2.61 bits per heavy atom. The highest BCUT2D eigenvalue weighted by Gasteiger charge is 2.42. The van der Waals surface area contributed by atoms with E-state index in [1.54, 1.807) is 0 Å². The Morgan fingerprint density at radius 2 is 2.00 bits per heavy atom. The van der Waals surface area contributed by atoms with Crippen molar-refractivity contribution >= 4 is 0 Å². The quantitative estimate of drug-likeness (QED) is 0.806. The molecule has 1 aliphatic heterocycles. The van der Waals surface area contributed by atoms with Gasteiger partial charge in [-0.3, -0.25) is 4.90 Å². The van der Waals surface area contributed by atoms with E-state index in [0.717, 1.165) is 12.0 Å². The molecule has 0 aromatic heterocycles. The lowest BCUT2D eigenvalue weighted by Gasteiger charge is -2.49. The average molecular weight is 252 g/mol. The molecule has 1 N–H and O–H groups in total. The van der Waals surface area contributed by atoms with E-state index in [4.69, 9.17) is 0 Å². The highest BCUT2D eigenvalue weighted by Crippen LogP contribution is 2.37. The third-order valence-electron chi connectivity index (χ3n) is 4.90. The molecule has 2 aliphatic rings.